The lowest BCUT2D eigenvalue weighted by molar-refractivity contribution is 0.0950. The maximum atomic E-state index is 11.8. The second-order valence-corrected chi connectivity index (χ2v) is 4.00. The zero-order valence-electron chi connectivity index (χ0n) is 10.00. The van der Waals surface area contributed by atoms with E-state index < -0.39 is 0 Å². The van der Waals surface area contributed by atoms with E-state index in [9.17, 15) is 4.79 Å². The Morgan fingerprint density at radius 2 is 2.00 bits per heavy atom. The lowest BCUT2D eigenvalue weighted by Gasteiger charge is -2.05. The van der Waals surface area contributed by atoms with E-state index in [0.717, 1.165) is 11.3 Å². The number of amides is 1. The van der Waals surface area contributed by atoms with Crippen molar-refractivity contribution >= 4 is 5.91 Å². The minimum atomic E-state index is -0.210. The number of hydrogen-bond acceptors (Lipinski definition) is 5. The molecule has 6 nitrogen and oxygen atoms in total. The SMILES string of the molecule is O=C(NCc1ccc2c(c1)OCO2)c1cncnc1. The van der Waals surface area contributed by atoms with Crippen molar-refractivity contribution in [3.63, 3.8) is 0 Å². The van der Waals surface area contributed by atoms with Gasteiger partial charge in [-0.3, -0.25) is 4.79 Å². The van der Waals surface area contributed by atoms with E-state index in [4.69, 9.17) is 9.47 Å². The topological polar surface area (TPSA) is 73.3 Å². The second-order valence-electron chi connectivity index (χ2n) is 4.00. The van der Waals surface area contributed by atoms with Gasteiger partial charge >= 0.3 is 0 Å². The first kappa shape index (κ1) is 11.5. The normalized spacial score (nSPS) is 12.2. The van der Waals surface area contributed by atoms with Crippen LogP contribution in [-0.4, -0.2) is 22.7 Å². The molecule has 0 aliphatic carbocycles. The highest BCUT2D eigenvalue weighted by atomic mass is 16.7. The molecule has 1 amide bonds. The summed E-state index contributed by atoms with van der Waals surface area (Å²) in [7, 11) is 0. The molecule has 96 valence electrons. The molecular formula is C13H11N3O3. The highest BCUT2D eigenvalue weighted by Crippen LogP contribution is 2.32. The molecule has 0 saturated carbocycles. The first-order valence-corrected chi connectivity index (χ1v) is 5.75. The quantitative estimate of drug-likeness (QED) is 0.892. The molecule has 0 fully saturated rings. The van der Waals surface area contributed by atoms with Crippen molar-refractivity contribution in [3.05, 3.63) is 48.0 Å². The van der Waals surface area contributed by atoms with Crippen LogP contribution >= 0.6 is 0 Å². The number of hydrogen-bond donors (Lipinski definition) is 1. The lowest BCUT2D eigenvalue weighted by Crippen LogP contribution is -2.23. The van der Waals surface area contributed by atoms with Gasteiger partial charge in [-0.25, -0.2) is 9.97 Å². The maximum absolute atomic E-state index is 11.8. The van der Waals surface area contributed by atoms with Gasteiger partial charge in [0.1, 0.15) is 6.33 Å². The third-order valence-electron chi connectivity index (χ3n) is 2.71. The van der Waals surface area contributed by atoms with Crippen LogP contribution in [0.5, 0.6) is 11.5 Å². The summed E-state index contributed by atoms with van der Waals surface area (Å²) in [5, 5.41) is 2.79. The molecule has 0 atom stereocenters. The van der Waals surface area contributed by atoms with Crippen molar-refractivity contribution in [2.24, 2.45) is 0 Å². The van der Waals surface area contributed by atoms with Crippen LogP contribution in [0.1, 0.15) is 15.9 Å². The van der Waals surface area contributed by atoms with Gasteiger partial charge in [-0.15, -0.1) is 0 Å². The molecule has 0 bridgehead atoms. The van der Waals surface area contributed by atoms with Gasteiger partial charge in [0.05, 0.1) is 5.56 Å². The van der Waals surface area contributed by atoms with Crippen LogP contribution in [0.25, 0.3) is 0 Å². The summed E-state index contributed by atoms with van der Waals surface area (Å²) in [6.45, 7) is 0.650. The molecule has 1 aliphatic rings. The lowest BCUT2D eigenvalue weighted by atomic mass is 10.2. The van der Waals surface area contributed by atoms with E-state index in [-0.39, 0.29) is 12.7 Å². The number of nitrogens with zero attached hydrogens (tertiary/aromatic N) is 2. The van der Waals surface area contributed by atoms with Crippen LogP contribution in [0.4, 0.5) is 0 Å². The van der Waals surface area contributed by atoms with Gasteiger partial charge in [-0.2, -0.15) is 0 Å². The van der Waals surface area contributed by atoms with Gasteiger partial charge < -0.3 is 14.8 Å². The molecular weight excluding hydrogens is 246 g/mol. The molecule has 0 spiro atoms. The van der Waals surface area contributed by atoms with E-state index >= 15 is 0 Å². The smallest absolute Gasteiger partial charge is 0.254 e. The first-order valence-electron chi connectivity index (χ1n) is 5.75. The van der Waals surface area contributed by atoms with E-state index in [2.05, 4.69) is 15.3 Å². The third kappa shape index (κ3) is 2.47. The highest BCUT2D eigenvalue weighted by molar-refractivity contribution is 5.93. The summed E-state index contributed by atoms with van der Waals surface area (Å²) in [5.41, 5.74) is 1.37. The van der Waals surface area contributed by atoms with Gasteiger partial charge in [0.2, 0.25) is 6.79 Å². The zero-order chi connectivity index (χ0) is 13.1. The van der Waals surface area contributed by atoms with Gasteiger partial charge in [0.25, 0.3) is 5.91 Å². The van der Waals surface area contributed by atoms with Crippen LogP contribution < -0.4 is 14.8 Å². The molecule has 2 heterocycles. The Morgan fingerprint density at radius 1 is 1.21 bits per heavy atom. The Hall–Kier alpha value is -2.63. The van der Waals surface area contributed by atoms with Crippen LogP contribution in [0.15, 0.2) is 36.9 Å². The number of benzene rings is 1. The number of fused-ring (bicyclic) bond motifs is 1. The summed E-state index contributed by atoms with van der Waals surface area (Å²) in [5.74, 6) is 1.22. The molecule has 1 aromatic heterocycles. The number of carbonyl (C=O) groups excluding carboxylic acids is 1. The summed E-state index contributed by atoms with van der Waals surface area (Å²) in [6, 6.07) is 5.56. The zero-order valence-corrected chi connectivity index (χ0v) is 10.00. The molecule has 2 aromatic rings. The fraction of sp³-hybridized carbons (Fsp3) is 0.154. The maximum Gasteiger partial charge on any atom is 0.254 e. The predicted molar refractivity (Wildman–Crippen MR) is 65.8 cm³/mol. The number of rotatable bonds is 3. The minimum Gasteiger partial charge on any atom is -0.454 e. The van der Waals surface area contributed by atoms with E-state index in [1.807, 2.05) is 18.2 Å². The number of ether oxygens (including phenoxy) is 2. The van der Waals surface area contributed by atoms with Crippen LogP contribution in [0.3, 0.4) is 0 Å². The van der Waals surface area contributed by atoms with Crippen molar-refractivity contribution in [2.45, 2.75) is 6.54 Å². The minimum absolute atomic E-state index is 0.210. The summed E-state index contributed by atoms with van der Waals surface area (Å²) >= 11 is 0. The van der Waals surface area contributed by atoms with Crippen molar-refractivity contribution in [1.29, 1.82) is 0 Å². The Balaban J connectivity index is 1.65. The van der Waals surface area contributed by atoms with Crippen molar-refractivity contribution in [1.82, 2.24) is 15.3 Å². The highest BCUT2D eigenvalue weighted by Gasteiger charge is 2.13. The number of carbonyl (C=O) groups is 1. The molecule has 0 radical (unpaired) electrons. The van der Waals surface area contributed by atoms with E-state index in [1.54, 1.807) is 0 Å². The van der Waals surface area contributed by atoms with Gasteiger partial charge in [-0.05, 0) is 17.7 Å². The standard InChI is InChI=1S/C13H11N3O3/c17-13(10-5-14-7-15-6-10)16-4-9-1-2-11-12(3-9)19-8-18-11/h1-3,5-7H,4,8H2,(H,16,17). The fourth-order valence-corrected chi connectivity index (χ4v) is 1.75. The van der Waals surface area contributed by atoms with Gasteiger partial charge in [0.15, 0.2) is 11.5 Å². The predicted octanol–water partition coefficient (Wildman–Crippen LogP) is 1.14. The second kappa shape index (κ2) is 4.93. The molecule has 1 aliphatic heterocycles. The molecule has 0 unspecified atom stereocenters. The molecule has 6 heteroatoms. The third-order valence-corrected chi connectivity index (χ3v) is 2.71. The van der Waals surface area contributed by atoms with Crippen LogP contribution in [0, 0.1) is 0 Å². The average molecular weight is 257 g/mol. The monoisotopic (exact) mass is 257 g/mol. The first-order chi connectivity index (χ1) is 9.33. The van der Waals surface area contributed by atoms with Crippen LogP contribution in [0.2, 0.25) is 0 Å². The van der Waals surface area contributed by atoms with Crippen LogP contribution in [-0.2, 0) is 6.54 Å². The Bertz CT molecular complexity index is 601. The summed E-state index contributed by atoms with van der Waals surface area (Å²) < 4.78 is 10.5. The average Bonchev–Trinajstić information content (AvgIpc) is 2.93. The van der Waals surface area contributed by atoms with Gasteiger partial charge in [-0.1, -0.05) is 6.07 Å². The van der Waals surface area contributed by atoms with Crippen molar-refractivity contribution in [3.8, 4) is 11.5 Å². The molecule has 0 saturated heterocycles. The Kier molecular flexibility index (Phi) is 2.97. The Morgan fingerprint density at radius 3 is 2.84 bits per heavy atom. The van der Waals surface area contributed by atoms with Crippen molar-refractivity contribution in [2.75, 3.05) is 6.79 Å². The Labute approximate surface area is 109 Å². The number of aromatic nitrogens is 2. The van der Waals surface area contributed by atoms with E-state index in [0.29, 0.717) is 17.9 Å². The fourth-order valence-electron chi connectivity index (χ4n) is 1.75. The van der Waals surface area contributed by atoms with Gasteiger partial charge in [0, 0.05) is 18.9 Å². The molecule has 1 aromatic carbocycles. The molecule has 3 rings (SSSR count). The molecule has 1 N–H and O–H groups in total. The van der Waals surface area contributed by atoms with E-state index in [1.165, 1.54) is 18.7 Å². The number of nitrogens with one attached hydrogen (secondary N) is 1. The molecule has 19 heavy (non-hydrogen) atoms. The van der Waals surface area contributed by atoms with Crippen molar-refractivity contribution < 1.29 is 14.3 Å². The summed E-state index contributed by atoms with van der Waals surface area (Å²) in [4.78, 5) is 19.4. The largest absolute Gasteiger partial charge is 0.454 e. The summed E-state index contributed by atoms with van der Waals surface area (Å²) in [6.07, 6.45) is 4.33.